The third-order valence-electron chi connectivity index (χ3n) is 3.71. The highest BCUT2D eigenvalue weighted by atomic mass is 16.1. The van der Waals surface area contributed by atoms with Crippen molar-refractivity contribution in [3.63, 3.8) is 0 Å². The van der Waals surface area contributed by atoms with Crippen LogP contribution in [0.4, 0.5) is 0 Å². The zero-order valence-electron chi connectivity index (χ0n) is 9.83. The molecule has 16 heavy (non-hydrogen) atoms. The average Bonchev–Trinajstić information content (AvgIpc) is 2.65. The molecule has 0 unspecified atom stereocenters. The van der Waals surface area contributed by atoms with Gasteiger partial charge in [0, 0.05) is 5.56 Å². The van der Waals surface area contributed by atoms with Gasteiger partial charge in [-0.3, -0.25) is 4.79 Å². The fraction of sp³-hybridized carbons (Fsp3) is 0.500. The Morgan fingerprint density at radius 1 is 1.31 bits per heavy atom. The Balaban J connectivity index is 2.23. The van der Waals surface area contributed by atoms with Crippen LogP contribution in [0.1, 0.15) is 48.5 Å². The Labute approximate surface area is 96.8 Å². The van der Waals surface area contributed by atoms with Crippen molar-refractivity contribution in [2.45, 2.75) is 39.0 Å². The highest BCUT2D eigenvalue weighted by molar-refractivity contribution is 5.94. The molecular weight excluding hydrogens is 198 g/mol. The molecule has 1 aromatic carbocycles. The summed E-state index contributed by atoms with van der Waals surface area (Å²) in [6.07, 6.45) is 6.14. The van der Waals surface area contributed by atoms with E-state index in [-0.39, 0.29) is 5.91 Å². The first-order valence-corrected chi connectivity index (χ1v) is 5.98. The van der Waals surface area contributed by atoms with E-state index in [0.717, 1.165) is 12.0 Å². The van der Waals surface area contributed by atoms with Gasteiger partial charge in [0.1, 0.15) is 0 Å². The molecule has 1 aliphatic carbocycles. The van der Waals surface area contributed by atoms with Crippen molar-refractivity contribution in [1.82, 2.24) is 0 Å². The SMILES string of the molecule is CC1(Cc2ccccc2C(N)=O)CCCC1. The molecule has 0 heterocycles. The van der Waals surface area contributed by atoms with E-state index >= 15 is 0 Å². The second-order valence-electron chi connectivity index (χ2n) is 5.22. The van der Waals surface area contributed by atoms with Crippen molar-refractivity contribution in [3.8, 4) is 0 Å². The molecule has 2 rings (SSSR count). The molecule has 1 saturated carbocycles. The normalized spacial score (nSPS) is 18.6. The maximum atomic E-state index is 11.3. The van der Waals surface area contributed by atoms with Crippen LogP contribution in [0, 0.1) is 5.41 Å². The van der Waals surface area contributed by atoms with Crippen molar-refractivity contribution >= 4 is 5.91 Å². The summed E-state index contributed by atoms with van der Waals surface area (Å²) in [5, 5.41) is 0. The van der Waals surface area contributed by atoms with Gasteiger partial charge in [-0.05, 0) is 36.3 Å². The first-order valence-electron chi connectivity index (χ1n) is 5.98. The van der Waals surface area contributed by atoms with Crippen LogP contribution in [0.3, 0.4) is 0 Å². The Kier molecular flexibility index (Phi) is 2.99. The van der Waals surface area contributed by atoms with Gasteiger partial charge in [-0.1, -0.05) is 38.0 Å². The number of nitrogens with two attached hydrogens (primary N) is 1. The zero-order chi connectivity index (χ0) is 11.6. The van der Waals surface area contributed by atoms with Crippen molar-refractivity contribution in [2.24, 2.45) is 11.1 Å². The molecule has 1 aromatic rings. The van der Waals surface area contributed by atoms with Gasteiger partial charge in [0.15, 0.2) is 0 Å². The Morgan fingerprint density at radius 2 is 1.94 bits per heavy atom. The number of amides is 1. The van der Waals surface area contributed by atoms with E-state index in [2.05, 4.69) is 6.92 Å². The zero-order valence-corrected chi connectivity index (χ0v) is 9.83. The molecule has 1 aliphatic rings. The van der Waals surface area contributed by atoms with Crippen molar-refractivity contribution in [1.29, 1.82) is 0 Å². The molecule has 1 fully saturated rings. The average molecular weight is 217 g/mol. The third kappa shape index (κ3) is 2.26. The number of primary amides is 1. The molecule has 0 spiro atoms. The van der Waals surface area contributed by atoms with Gasteiger partial charge in [0.25, 0.3) is 0 Å². The lowest BCUT2D eigenvalue weighted by atomic mass is 9.81. The topological polar surface area (TPSA) is 43.1 Å². The Morgan fingerprint density at radius 3 is 2.56 bits per heavy atom. The van der Waals surface area contributed by atoms with Crippen LogP contribution in [0.2, 0.25) is 0 Å². The lowest BCUT2D eigenvalue weighted by Crippen LogP contribution is -2.19. The molecule has 0 saturated heterocycles. The maximum Gasteiger partial charge on any atom is 0.248 e. The molecular formula is C14H19NO. The fourth-order valence-corrected chi connectivity index (χ4v) is 2.78. The Hall–Kier alpha value is -1.31. The molecule has 86 valence electrons. The van der Waals surface area contributed by atoms with Crippen LogP contribution in [0.15, 0.2) is 24.3 Å². The lowest BCUT2D eigenvalue weighted by Gasteiger charge is -2.24. The summed E-state index contributed by atoms with van der Waals surface area (Å²) in [5.74, 6) is -0.308. The largest absolute Gasteiger partial charge is 0.366 e. The summed E-state index contributed by atoms with van der Waals surface area (Å²) in [6, 6.07) is 7.72. The van der Waals surface area contributed by atoms with Gasteiger partial charge in [-0.2, -0.15) is 0 Å². The van der Waals surface area contributed by atoms with E-state index < -0.39 is 0 Å². The number of carbonyl (C=O) groups excluding carboxylic acids is 1. The second-order valence-corrected chi connectivity index (χ2v) is 5.22. The summed E-state index contributed by atoms with van der Waals surface area (Å²) in [5.41, 5.74) is 7.56. The highest BCUT2D eigenvalue weighted by Crippen LogP contribution is 2.40. The van der Waals surface area contributed by atoms with Gasteiger partial charge >= 0.3 is 0 Å². The van der Waals surface area contributed by atoms with E-state index in [1.807, 2.05) is 24.3 Å². The van der Waals surface area contributed by atoms with E-state index in [1.165, 1.54) is 25.7 Å². The molecule has 0 aromatic heterocycles. The summed E-state index contributed by atoms with van der Waals surface area (Å²) in [6.45, 7) is 2.32. The molecule has 0 atom stereocenters. The number of carbonyl (C=O) groups is 1. The standard InChI is InChI=1S/C14H19NO/c1-14(8-4-5-9-14)10-11-6-2-3-7-12(11)13(15)16/h2-3,6-7H,4-5,8-10H2,1H3,(H2,15,16). The summed E-state index contributed by atoms with van der Waals surface area (Å²) >= 11 is 0. The number of hydrogen-bond acceptors (Lipinski definition) is 1. The highest BCUT2D eigenvalue weighted by Gasteiger charge is 2.29. The predicted octanol–water partition coefficient (Wildman–Crippen LogP) is 2.91. The molecule has 2 N–H and O–H groups in total. The van der Waals surface area contributed by atoms with Gasteiger partial charge in [0.2, 0.25) is 5.91 Å². The molecule has 2 nitrogen and oxygen atoms in total. The van der Waals surface area contributed by atoms with Gasteiger partial charge in [-0.15, -0.1) is 0 Å². The van der Waals surface area contributed by atoms with E-state index in [1.54, 1.807) is 0 Å². The number of benzene rings is 1. The van der Waals surface area contributed by atoms with Crippen molar-refractivity contribution in [2.75, 3.05) is 0 Å². The number of rotatable bonds is 3. The first kappa shape index (κ1) is 11.2. The van der Waals surface area contributed by atoms with Crippen LogP contribution < -0.4 is 5.73 Å². The molecule has 0 radical (unpaired) electrons. The molecule has 1 amide bonds. The van der Waals surface area contributed by atoms with E-state index in [4.69, 9.17) is 5.73 Å². The monoisotopic (exact) mass is 217 g/mol. The summed E-state index contributed by atoms with van der Waals surface area (Å²) in [7, 11) is 0. The van der Waals surface area contributed by atoms with Gasteiger partial charge in [-0.25, -0.2) is 0 Å². The summed E-state index contributed by atoms with van der Waals surface area (Å²) in [4.78, 5) is 11.3. The minimum atomic E-state index is -0.308. The minimum Gasteiger partial charge on any atom is -0.366 e. The van der Waals surface area contributed by atoms with Gasteiger partial charge < -0.3 is 5.73 Å². The smallest absolute Gasteiger partial charge is 0.248 e. The molecule has 0 bridgehead atoms. The number of hydrogen-bond donors (Lipinski definition) is 1. The van der Waals surface area contributed by atoms with Crippen LogP contribution in [0.5, 0.6) is 0 Å². The van der Waals surface area contributed by atoms with Gasteiger partial charge in [0.05, 0.1) is 0 Å². The predicted molar refractivity (Wildman–Crippen MR) is 65.2 cm³/mol. The maximum absolute atomic E-state index is 11.3. The fourth-order valence-electron chi connectivity index (χ4n) is 2.78. The molecule has 0 aliphatic heterocycles. The summed E-state index contributed by atoms with van der Waals surface area (Å²) < 4.78 is 0. The first-order chi connectivity index (χ1) is 7.61. The van der Waals surface area contributed by atoms with Crippen LogP contribution in [-0.2, 0) is 6.42 Å². The molecule has 2 heteroatoms. The van der Waals surface area contributed by atoms with E-state index in [9.17, 15) is 4.79 Å². The second kappa shape index (κ2) is 4.28. The van der Waals surface area contributed by atoms with Crippen molar-refractivity contribution in [3.05, 3.63) is 35.4 Å². The minimum absolute atomic E-state index is 0.308. The van der Waals surface area contributed by atoms with Crippen LogP contribution >= 0.6 is 0 Å². The lowest BCUT2D eigenvalue weighted by molar-refractivity contribution is 0.0999. The Bertz CT molecular complexity index is 391. The van der Waals surface area contributed by atoms with E-state index in [0.29, 0.717) is 11.0 Å². The quantitative estimate of drug-likeness (QED) is 0.831. The van der Waals surface area contributed by atoms with Crippen LogP contribution in [0.25, 0.3) is 0 Å². The van der Waals surface area contributed by atoms with Crippen LogP contribution in [-0.4, -0.2) is 5.91 Å². The third-order valence-corrected chi connectivity index (χ3v) is 3.71. The van der Waals surface area contributed by atoms with Crippen molar-refractivity contribution < 1.29 is 4.79 Å².